The van der Waals surface area contributed by atoms with E-state index in [-0.39, 0.29) is 17.0 Å². The third kappa shape index (κ3) is 3.60. The number of nitrogens with zero attached hydrogens (tertiary/aromatic N) is 1. The Morgan fingerprint density at radius 3 is 2.29 bits per heavy atom. The van der Waals surface area contributed by atoms with Crippen molar-refractivity contribution in [2.45, 2.75) is 26.3 Å². The molecule has 110 valence electrons. The Bertz CT molecular complexity index is 707. The molecule has 1 aromatic carbocycles. The van der Waals surface area contributed by atoms with Gasteiger partial charge in [0.05, 0.1) is 0 Å². The second-order valence-electron chi connectivity index (χ2n) is 6.12. The van der Waals surface area contributed by atoms with Crippen molar-refractivity contribution in [2.24, 2.45) is 7.05 Å². The standard InChI is InChI=1S/C17H20N2O2/c1-17(2,3)18-15(20)13-9-7-12(8-10-13)14-6-5-11-19(4)16(14)21/h5-11H,1-4H3,(H,18,20). The summed E-state index contributed by atoms with van der Waals surface area (Å²) in [6.45, 7) is 5.81. The first-order valence-corrected chi connectivity index (χ1v) is 6.86. The summed E-state index contributed by atoms with van der Waals surface area (Å²) in [5.41, 5.74) is 1.70. The quantitative estimate of drug-likeness (QED) is 0.921. The van der Waals surface area contributed by atoms with E-state index in [0.29, 0.717) is 11.1 Å². The fraction of sp³-hybridized carbons (Fsp3) is 0.294. The van der Waals surface area contributed by atoms with Gasteiger partial charge >= 0.3 is 0 Å². The number of aryl methyl sites for hydroxylation is 1. The molecular weight excluding hydrogens is 264 g/mol. The van der Waals surface area contributed by atoms with Crippen LogP contribution in [0.2, 0.25) is 0 Å². The summed E-state index contributed by atoms with van der Waals surface area (Å²) in [4.78, 5) is 24.1. The molecule has 4 heteroatoms. The first-order chi connectivity index (χ1) is 9.78. The lowest BCUT2D eigenvalue weighted by molar-refractivity contribution is 0.0919. The molecule has 0 radical (unpaired) electrons. The second-order valence-corrected chi connectivity index (χ2v) is 6.12. The van der Waals surface area contributed by atoms with Gasteiger partial charge in [-0.1, -0.05) is 12.1 Å². The van der Waals surface area contributed by atoms with Gasteiger partial charge in [0.25, 0.3) is 11.5 Å². The van der Waals surface area contributed by atoms with Crippen molar-refractivity contribution < 1.29 is 4.79 Å². The summed E-state index contributed by atoms with van der Waals surface area (Å²) in [5, 5.41) is 2.91. The van der Waals surface area contributed by atoms with Crippen LogP contribution < -0.4 is 10.9 Å². The maximum atomic E-state index is 12.1. The number of rotatable bonds is 2. The van der Waals surface area contributed by atoms with Crippen molar-refractivity contribution in [1.82, 2.24) is 9.88 Å². The molecule has 21 heavy (non-hydrogen) atoms. The summed E-state index contributed by atoms with van der Waals surface area (Å²) in [7, 11) is 1.72. The van der Waals surface area contributed by atoms with Crippen LogP contribution in [0.4, 0.5) is 0 Å². The van der Waals surface area contributed by atoms with E-state index in [1.807, 2.05) is 26.8 Å². The minimum atomic E-state index is -0.273. The van der Waals surface area contributed by atoms with Crippen molar-refractivity contribution in [2.75, 3.05) is 0 Å². The zero-order valence-corrected chi connectivity index (χ0v) is 12.8. The normalized spacial score (nSPS) is 11.2. The van der Waals surface area contributed by atoms with Crippen molar-refractivity contribution in [3.63, 3.8) is 0 Å². The highest BCUT2D eigenvalue weighted by Crippen LogP contribution is 2.16. The van der Waals surface area contributed by atoms with Gasteiger partial charge in [-0.15, -0.1) is 0 Å². The van der Waals surface area contributed by atoms with Gasteiger partial charge in [-0.2, -0.15) is 0 Å². The Morgan fingerprint density at radius 2 is 1.71 bits per heavy atom. The van der Waals surface area contributed by atoms with E-state index in [1.54, 1.807) is 43.6 Å². The minimum absolute atomic E-state index is 0.0515. The Balaban J connectivity index is 2.29. The molecule has 1 N–H and O–H groups in total. The highest BCUT2D eigenvalue weighted by molar-refractivity contribution is 5.95. The molecule has 0 saturated heterocycles. The molecule has 0 fully saturated rings. The van der Waals surface area contributed by atoms with Crippen molar-refractivity contribution in [1.29, 1.82) is 0 Å². The molecule has 1 heterocycles. The number of hydrogen-bond acceptors (Lipinski definition) is 2. The third-order valence-electron chi connectivity index (χ3n) is 3.07. The number of carbonyl (C=O) groups is 1. The first kappa shape index (κ1) is 15.0. The highest BCUT2D eigenvalue weighted by Gasteiger charge is 2.15. The van der Waals surface area contributed by atoms with E-state index in [0.717, 1.165) is 5.56 Å². The van der Waals surface area contributed by atoms with E-state index in [2.05, 4.69) is 5.32 Å². The lowest BCUT2D eigenvalue weighted by Crippen LogP contribution is -2.40. The monoisotopic (exact) mass is 284 g/mol. The van der Waals surface area contributed by atoms with Crippen LogP contribution in [0.1, 0.15) is 31.1 Å². The fourth-order valence-electron chi connectivity index (χ4n) is 2.03. The van der Waals surface area contributed by atoms with Crippen LogP contribution in [0.15, 0.2) is 47.4 Å². The predicted octanol–water partition coefficient (Wildman–Crippen LogP) is 2.58. The second kappa shape index (κ2) is 5.56. The van der Waals surface area contributed by atoms with Crippen LogP contribution in [0.25, 0.3) is 11.1 Å². The maximum absolute atomic E-state index is 12.1. The van der Waals surface area contributed by atoms with Crippen molar-refractivity contribution >= 4 is 5.91 Å². The molecule has 4 nitrogen and oxygen atoms in total. The maximum Gasteiger partial charge on any atom is 0.258 e. The Labute approximate surface area is 124 Å². The SMILES string of the molecule is Cn1cccc(-c2ccc(C(=O)NC(C)(C)C)cc2)c1=O. The van der Waals surface area contributed by atoms with Crippen molar-refractivity contribution in [3.8, 4) is 11.1 Å². The Kier molecular flexibility index (Phi) is 3.98. The van der Waals surface area contributed by atoms with Gasteiger partial charge in [-0.3, -0.25) is 9.59 Å². The molecule has 0 spiro atoms. The highest BCUT2D eigenvalue weighted by atomic mass is 16.1. The van der Waals surface area contributed by atoms with Gasteiger partial charge in [0.2, 0.25) is 0 Å². The summed E-state index contributed by atoms with van der Waals surface area (Å²) in [6.07, 6.45) is 1.72. The molecule has 0 unspecified atom stereocenters. The van der Waals surface area contributed by atoms with Crippen LogP contribution in [-0.4, -0.2) is 16.0 Å². The summed E-state index contributed by atoms with van der Waals surface area (Å²) >= 11 is 0. The fourth-order valence-corrected chi connectivity index (χ4v) is 2.03. The first-order valence-electron chi connectivity index (χ1n) is 6.86. The molecule has 0 saturated carbocycles. The molecule has 0 aliphatic rings. The van der Waals surface area contributed by atoms with E-state index in [9.17, 15) is 9.59 Å². The largest absolute Gasteiger partial charge is 0.347 e. The van der Waals surface area contributed by atoms with Gasteiger partial charge in [0.15, 0.2) is 0 Å². The number of carbonyl (C=O) groups excluding carboxylic acids is 1. The molecule has 1 amide bonds. The van der Waals surface area contributed by atoms with Crippen LogP contribution >= 0.6 is 0 Å². The molecule has 0 aliphatic heterocycles. The zero-order chi connectivity index (χ0) is 15.6. The molecule has 2 rings (SSSR count). The number of hydrogen-bond donors (Lipinski definition) is 1. The summed E-state index contributed by atoms with van der Waals surface area (Å²) < 4.78 is 1.54. The Morgan fingerprint density at radius 1 is 1.10 bits per heavy atom. The molecule has 1 aromatic heterocycles. The van der Waals surface area contributed by atoms with Crippen LogP contribution in [0.3, 0.4) is 0 Å². The summed E-state index contributed by atoms with van der Waals surface area (Å²) in [5.74, 6) is -0.116. The van der Waals surface area contributed by atoms with E-state index < -0.39 is 0 Å². The Hall–Kier alpha value is -2.36. The van der Waals surface area contributed by atoms with Gasteiger partial charge in [-0.05, 0) is 50.6 Å². The van der Waals surface area contributed by atoms with Gasteiger partial charge < -0.3 is 9.88 Å². The average molecular weight is 284 g/mol. The molecular formula is C17H20N2O2. The van der Waals surface area contributed by atoms with E-state index in [1.165, 1.54) is 4.57 Å². The van der Waals surface area contributed by atoms with E-state index in [4.69, 9.17) is 0 Å². The topological polar surface area (TPSA) is 51.1 Å². The van der Waals surface area contributed by atoms with E-state index >= 15 is 0 Å². The van der Waals surface area contributed by atoms with Crippen LogP contribution in [-0.2, 0) is 7.05 Å². The predicted molar refractivity (Wildman–Crippen MR) is 84.3 cm³/mol. The summed E-state index contributed by atoms with van der Waals surface area (Å²) in [6, 6.07) is 10.7. The molecule has 2 aromatic rings. The van der Waals surface area contributed by atoms with Gasteiger partial charge in [0.1, 0.15) is 0 Å². The third-order valence-corrected chi connectivity index (χ3v) is 3.07. The van der Waals surface area contributed by atoms with Crippen LogP contribution in [0, 0.1) is 0 Å². The number of aromatic nitrogens is 1. The number of amides is 1. The van der Waals surface area contributed by atoms with Crippen LogP contribution in [0.5, 0.6) is 0 Å². The number of benzene rings is 1. The molecule has 0 bridgehead atoms. The molecule has 0 atom stereocenters. The number of pyridine rings is 1. The number of nitrogens with one attached hydrogen (secondary N) is 1. The van der Waals surface area contributed by atoms with Crippen molar-refractivity contribution in [3.05, 3.63) is 58.5 Å². The average Bonchev–Trinajstić information content (AvgIpc) is 2.40. The molecule has 0 aliphatic carbocycles. The van der Waals surface area contributed by atoms with Gasteiger partial charge in [-0.25, -0.2) is 0 Å². The van der Waals surface area contributed by atoms with Gasteiger partial charge in [0, 0.05) is 29.9 Å². The minimum Gasteiger partial charge on any atom is -0.347 e. The lowest BCUT2D eigenvalue weighted by atomic mass is 10.0. The smallest absolute Gasteiger partial charge is 0.258 e. The lowest BCUT2D eigenvalue weighted by Gasteiger charge is -2.20. The zero-order valence-electron chi connectivity index (χ0n) is 12.8.